The summed E-state index contributed by atoms with van der Waals surface area (Å²) in [6, 6.07) is 9.75. The summed E-state index contributed by atoms with van der Waals surface area (Å²) in [5.74, 6) is 2.04. The van der Waals surface area contributed by atoms with Crippen LogP contribution in [0.15, 0.2) is 41.1 Å². The molecule has 162 valence electrons. The number of esters is 1. The molecule has 0 saturated carbocycles. The predicted molar refractivity (Wildman–Crippen MR) is 120 cm³/mol. The summed E-state index contributed by atoms with van der Waals surface area (Å²) < 4.78 is 18.3. The molecule has 5 aromatic rings. The topological polar surface area (TPSA) is 91.8 Å². The van der Waals surface area contributed by atoms with Crippen LogP contribution in [-0.4, -0.2) is 32.7 Å². The van der Waals surface area contributed by atoms with Gasteiger partial charge in [-0.25, -0.2) is 19.3 Å². The first kappa shape index (κ1) is 20.2. The van der Waals surface area contributed by atoms with Crippen molar-refractivity contribution in [3.8, 4) is 17.3 Å². The normalized spacial score (nSPS) is 11.4. The molecule has 0 atom stereocenters. The Morgan fingerprint density at radius 1 is 1.16 bits per heavy atom. The highest BCUT2D eigenvalue weighted by molar-refractivity contribution is 7.20. The first-order chi connectivity index (χ1) is 15.4. The molecule has 0 unspecified atom stereocenters. The van der Waals surface area contributed by atoms with E-state index in [0.29, 0.717) is 39.3 Å². The van der Waals surface area contributed by atoms with E-state index in [-0.39, 0.29) is 5.97 Å². The van der Waals surface area contributed by atoms with Gasteiger partial charge in [0, 0.05) is 0 Å². The summed E-state index contributed by atoms with van der Waals surface area (Å²) in [7, 11) is 1.36. The Morgan fingerprint density at radius 3 is 2.69 bits per heavy atom. The molecule has 32 heavy (non-hydrogen) atoms. The van der Waals surface area contributed by atoms with Gasteiger partial charge in [-0.05, 0) is 61.7 Å². The molecule has 1 aromatic carbocycles. The minimum absolute atomic E-state index is 0.300. The zero-order chi connectivity index (χ0) is 22.4. The number of carbonyl (C=O) groups is 1. The molecule has 0 saturated heterocycles. The minimum atomic E-state index is -0.386. The number of thiophene rings is 1. The molecule has 8 nitrogen and oxygen atoms in total. The number of aryl methyl sites for hydroxylation is 3. The van der Waals surface area contributed by atoms with E-state index in [1.807, 2.05) is 45.0 Å². The maximum Gasteiger partial charge on any atom is 0.348 e. The third-order valence-corrected chi connectivity index (χ3v) is 6.28. The lowest BCUT2D eigenvalue weighted by atomic mass is 10.1. The Balaban J connectivity index is 1.45. The maximum atomic E-state index is 12.1. The molecule has 0 radical (unpaired) electrons. The lowest BCUT2D eigenvalue weighted by Gasteiger charge is -2.06. The zero-order valence-electron chi connectivity index (χ0n) is 18.0. The van der Waals surface area contributed by atoms with Gasteiger partial charge in [0.05, 0.1) is 12.5 Å². The summed E-state index contributed by atoms with van der Waals surface area (Å²) in [6.07, 6.45) is 1.58. The Morgan fingerprint density at radius 2 is 1.94 bits per heavy atom. The Hall–Kier alpha value is -3.72. The Bertz CT molecular complexity index is 1460. The van der Waals surface area contributed by atoms with Crippen LogP contribution in [0.2, 0.25) is 0 Å². The highest BCUT2D eigenvalue weighted by Crippen LogP contribution is 2.33. The van der Waals surface area contributed by atoms with Crippen LogP contribution < -0.4 is 4.74 Å². The van der Waals surface area contributed by atoms with E-state index in [1.165, 1.54) is 18.4 Å². The second kappa shape index (κ2) is 7.76. The van der Waals surface area contributed by atoms with E-state index < -0.39 is 0 Å². The van der Waals surface area contributed by atoms with E-state index in [4.69, 9.17) is 13.9 Å². The second-order valence-electron chi connectivity index (χ2n) is 7.55. The quantitative estimate of drug-likeness (QED) is 0.354. The number of carbonyl (C=O) groups excluding carboxylic acids is 1. The summed E-state index contributed by atoms with van der Waals surface area (Å²) in [5.41, 5.74) is 3.68. The van der Waals surface area contributed by atoms with Gasteiger partial charge in [0.1, 0.15) is 34.2 Å². The summed E-state index contributed by atoms with van der Waals surface area (Å²) in [6.45, 7) is 6.23. The maximum absolute atomic E-state index is 12.1. The van der Waals surface area contributed by atoms with Gasteiger partial charge in [-0.15, -0.1) is 16.4 Å². The van der Waals surface area contributed by atoms with Crippen molar-refractivity contribution in [2.75, 3.05) is 7.11 Å². The lowest BCUT2D eigenvalue weighted by molar-refractivity contribution is 0.0605. The van der Waals surface area contributed by atoms with Crippen LogP contribution in [0.3, 0.4) is 0 Å². The van der Waals surface area contributed by atoms with Crippen molar-refractivity contribution < 1.29 is 18.7 Å². The van der Waals surface area contributed by atoms with E-state index in [2.05, 4.69) is 21.1 Å². The summed E-state index contributed by atoms with van der Waals surface area (Å²) >= 11 is 1.28. The molecule has 0 aliphatic heterocycles. The first-order valence-corrected chi connectivity index (χ1v) is 10.8. The van der Waals surface area contributed by atoms with E-state index in [1.54, 1.807) is 10.8 Å². The van der Waals surface area contributed by atoms with Crippen molar-refractivity contribution in [1.29, 1.82) is 0 Å². The van der Waals surface area contributed by atoms with E-state index in [9.17, 15) is 4.79 Å². The fourth-order valence-corrected chi connectivity index (χ4v) is 4.73. The highest BCUT2D eigenvalue weighted by Gasteiger charge is 2.21. The predicted octanol–water partition coefficient (Wildman–Crippen LogP) is 4.89. The number of nitrogens with zero attached hydrogens (tertiary/aromatic N) is 4. The van der Waals surface area contributed by atoms with Crippen LogP contribution in [0.25, 0.3) is 27.4 Å². The molecule has 0 spiro atoms. The molecule has 0 aliphatic rings. The van der Waals surface area contributed by atoms with Gasteiger partial charge in [-0.1, -0.05) is 6.07 Å². The number of furan rings is 1. The largest absolute Gasteiger partial charge is 0.486 e. The van der Waals surface area contributed by atoms with Crippen molar-refractivity contribution in [3.63, 3.8) is 0 Å². The number of aromatic nitrogens is 4. The van der Waals surface area contributed by atoms with Gasteiger partial charge in [-0.2, -0.15) is 0 Å². The lowest BCUT2D eigenvalue weighted by Crippen LogP contribution is -1.99. The van der Waals surface area contributed by atoms with Crippen molar-refractivity contribution in [2.45, 2.75) is 27.4 Å². The van der Waals surface area contributed by atoms with Gasteiger partial charge in [0.25, 0.3) is 0 Å². The number of ether oxygens (including phenoxy) is 2. The third kappa shape index (κ3) is 3.50. The highest BCUT2D eigenvalue weighted by atomic mass is 32.1. The second-order valence-corrected chi connectivity index (χ2v) is 8.55. The van der Waals surface area contributed by atoms with Gasteiger partial charge < -0.3 is 13.9 Å². The number of benzene rings is 1. The van der Waals surface area contributed by atoms with Gasteiger partial charge in [0.15, 0.2) is 11.4 Å². The number of hydrogen-bond acceptors (Lipinski definition) is 8. The fraction of sp³-hybridized carbons (Fsp3) is 0.217. The van der Waals surface area contributed by atoms with Crippen LogP contribution >= 0.6 is 11.3 Å². The smallest absolute Gasteiger partial charge is 0.348 e. The molecule has 9 heteroatoms. The van der Waals surface area contributed by atoms with Crippen molar-refractivity contribution in [3.05, 3.63) is 64.0 Å². The van der Waals surface area contributed by atoms with Crippen LogP contribution in [0.5, 0.6) is 5.75 Å². The average molecular weight is 449 g/mol. The molecule has 0 amide bonds. The molecule has 4 aromatic heterocycles. The molecule has 0 aliphatic carbocycles. The standard InChI is InChI=1S/C23H20N4O4S/c1-12-7-13(2)9-16(8-12)30-10-15-5-6-17(31-15)20-25-21-18-14(3)19(23(28)29-4)32-22(18)24-11-27(21)26-20/h5-9,11H,10H2,1-4H3. The van der Waals surface area contributed by atoms with Crippen molar-refractivity contribution in [2.24, 2.45) is 0 Å². The van der Waals surface area contributed by atoms with E-state index in [0.717, 1.165) is 27.8 Å². The van der Waals surface area contributed by atoms with Gasteiger partial charge >= 0.3 is 5.97 Å². The fourth-order valence-electron chi connectivity index (χ4n) is 3.67. The van der Waals surface area contributed by atoms with Gasteiger partial charge in [0.2, 0.25) is 5.82 Å². The summed E-state index contributed by atoms with van der Waals surface area (Å²) in [4.78, 5) is 22.4. The number of rotatable bonds is 5. The minimum Gasteiger partial charge on any atom is -0.486 e. The van der Waals surface area contributed by atoms with Crippen LogP contribution in [0.4, 0.5) is 0 Å². The Kier molecular flexibility index (Phi) is 4.90. The molecular weight excluding hydrogens is 428 g/mol. The molecule has 0 fully saturated rings. The van der Waals surface area contributed by atoms with Crippen LogP contribution in [-0.2, 0) is 11.3 Å². The third-order valence-electron chi connectivity index (χ3n) is 5.10. The van der Waals surface area contributed by atoms with Gasteiger partial charge in [-0.3, -0.25) is 0 Å². The first-order valence-electron chi connectivity index (χ1n) is 9.96. The Labute approximate surface area is 187 Å². The number of hydrogen-bond donors (Lipinski definition) is 0. The molecule has 4 heterocycles. The molecule has 0 N–H and O–H groups in total. The SMILES string of the molecule is COC(=O)c1sc2ncn3nc(-c4ccc(COc5cc(C)cc(C)c5)o4)nc3c2c1C. The monoisotopic (exact) mass is 448 g/mol. The molecular formula is C23H20N4O4S. The molecule has 0 bridgehead atoms. The van der Waals surface area contributed by atoms with Crippen molar-refractivity contribution >= 4 is 33.2 Å². The van der Waals surface area contributed by atoms with Crippen molar-refractivity contribution in [1.82, 2.24) is 19.6 Å². The number of methoxy groups -OCH3 is 1. The average Bonchev–Trinajstić information content (AvgIpc) is 3.47. The summed E-state index contributed by atoms with van der Waals surface area (Å²) in [5, 5.41) is 5.28. The number of fused-ring (bicyclic) bond motifs is 3. The van der Waals surface area contributed by atoms with E-state index >= 15 is 0 Å². The zero-order valence-corrected chi connectivity index (χ0v) is 18.8. The molecule has 5 rings (SSSR count). The van der Waals surface area contributed by atoms with Crippen LogP contribution in [0.1, 0.15) is 32.1 Å². The van der Waals surface area contributed by atoms with Crippen LogP contribution in [0, 0.1) is 20.8 Å².